The summed E-state index contributed by atoms with van der Waals surface area (Å²) in [5, 5.41) is 0. The van der Waals surface area contributed by atoms with Gasteiger partial charge in [-0.2, -0.15) is 0 Å². The van der Waals surface area contributed by atoms with Crippen LogP contribution >= 0.6 is 0 Å². The van der Waals surface area contributed by atoms with Crippen molar-refractivity contribution >= 4 is 11.9 Å². The summed E-state index contributed by atoms with van der Waals surface area (Å²) >= 11 is 0. The summed E-state index contributed by atoms with van der Waals surface area (Å²) in [5.41, 5.74) is 2.73. The molecule has 0 unspecified atom stereocenters. The summed E-state index contributed by atoms with van der Waals surface area (Å²) in [5.74, 6) is -0.0386. The maximum absolute atomic E-state index is 14.2. The van der Waals surface area contributed by atoms with Crippen molar-refractivity contribution in [3.8, 4) is 0 Å². The predicted octanol–water partition coefficient (Wildman–Crippen LogP) is 10.4. The van der Waals surface area contributed by atoms with E-state index in [4.69, 9.17) is 9.47 Å². The van der Waals surface area contributed by atoms with Crippen LogP contribution in [0.4, 0.5) is 8.78 Å². The number of hydrogen-bond acceptors (Lipinski definition) is 4. The largest absolute Gasteiger partial charge is 0.460 e. The minimum absolute atomic E-state index is 0.121. The Labute approximate surface area is 266 Å². The van der Waals surface area contributed by atoms with Crippen molar-refractivity contribution < 1.29 is 27.8 Å². The van der Waals surface area contributed by atoms with Crippen LogP contribution in [0, 0.1) is 11.8 Å². The third-order valence-corrected chi connectivity index (χ3v) is 9.99. The van der Waals surface area contributed by atoms with Crippen molar-refractivity contribution in [2.75, 3.05) is 0 Å². The molecule has 2 aliphatic carbocycles. The number of alkyl halides is 2. The highest BCUT2D eigenvalue weighted by Gasteiger charge is 2.28. The minimum atomic E-state index is -1.47. The third-order valence-electron chi connectivity index (χ3n) is 9.99. The lowest BCUT2D eigenvalue weighted by atomic mass is 9.83. The van der Waals surface area contributed by atoms with Crippen molar-refractivity contribution in [3.05, 3.63) is 35.4 Å². The Morgan fingerprint density at radius 2 is 0.977 bits per heavy atom. The van der Waals surface area contributed by atoms with Gasteiger partial charge in [0.15, 0.2) is 12.3 Å². The number of aryl methyl sites for hydroxylation is 2. The van der Waals surface area contributed by atoms with Crippen LogP contribution in [0.2, 0.25) is 0 Å². The van der Waals surface area contributed by atoms with Crippen LogP contribution in [-0.4, -0.2) is 36.5 Å². The van der Waals surface area contributed by atoms with Crippen LogP contribution < -0.4 is 0 Å². The Morgan fingerprint density at radius 3 is 1.32 bits per heavy atom. The molecule has 0 saturated heterocycles. The molecule has 4 nitrogen and oxygen atoms in total. The van der Waals surface area contributed by atoms with Gasteiger partial charge in [0.05, 0.1) is 0 Å². The second-order valence-corrected chi connectivity index (χ2v) is 13.7. The Hall–Kier alpha value is -1.98. The molecule has 0 spiro atoms. The molecule has 0 N–H and O–H groups in total. The predicted molar refractivity (Wildman–Crippen MR) is 174 cm³/mol. The first kappa shape index (κ1) is 36.5. The second kappa shape index (κ2) is 20.9. The van der Waals surface area contributed by atoms with Gasteiger partial charge < -0.3 is 9.47 Å². The maximum Gasteiger partial charge on any atom is 0.340 e. The zero-order valence-electron chi connectivity index (χ0n) is 27.7. The fourth-order valence-electron chi connectivity index (χ4n) is 6.90. The fraction of sp³-hybridized carbons (Fsp3) is 0.789. The molecule has 0 bridgehead atoms. The molecular weight excluding hydrogens is 558 g/mol. The molecule has 0 aromatic heterocycles. The number of esters is 2. The van der Waals surface area contributed by atoms with Crippen LogP contribution in [0.3, 0.4) is 0 Å². The van der Waals surface area contributed by atoms with E-state index in [0.29, 0.717) is 11.8 Å². The number of hydrogen-bond donors (Lipinski definition) is 0. The summed E-state index contributed by atoms with van der Waals surface area (Å²) in [7, 11) is 0. The van der Waals surface area contributed by atoms with Crippen LogP contribution in [-0.2, 0) is 31.9 Å². The van der Waals surface area contributed by atoms with Gasteiger partial charge in [0.1, 0.15) is 12.2 Å². The van der Waals surface area contributed by atoms with Crippen LogP contribution in [0.1, 0.15) is 153 Å². The van der Waals surface area contributed by atoms with Crippen molar-refractivity contribution in [1.29, 1.82) is 0 Å². The molecule has 0 heterocycles. The number of rotatable bonds is 20. The number of carbonyl (C=O) groups excluding carboxylic acids is 2. The van der Waals surface area contributed by atoms with E-state index >= 15 is 0 Å². The van der Waals surface area contributed by atoms with E-state index in [1.165, 1.54) is 11.1 Å². The van der Waals surface area contributed by atoms with Gasteiger partial charge in [0, 0.05) is 0 Å². The molecule has 6 heteroatoms. The minimum Gasteiger partial charge on any atom is -0.460 e. The molecule has 2 fully saturated rings. The van der Waals surface area contributed by atoms with E-state index in [0.717, 1.165) is 128 Å². The average molecular weight is 619 g/mol. The standard InChI is InChI=1S/C38H60F2O4/c1-3-5-7-9-11-35(39)37(41)43-33-25-21-31(22-26-33)19-17-29-13-15-30(16-14-29)18-20-32-23-27-34(28-24-32)44-38(42)36(40)12-10-8-6-4-2/h13-16,31-36H,3-12,17-28H2,1-2H3/t31?,32?,33?,34?,35-,36-/m0/s1. The number of unbranched alkanes of at least 4 members (excludes halogenated alkanes) is 6. The number of carbonyl (C=O) groups is 2. The number of ether oxygens (including phenoxy) is 2. The van der Waals surface area contributed by atoms with Gasteiger partial charge >= 0.3 is 11.9 Å². The number of benzene rings is 1. The second-order valence-electron chi connectivity index (χ2n) is 13.7. The molecular formula is C38H60F2O4. The SMILES string of the molecule is CCCCCC[C@H](F)C(=O)OC1CCC(CCc2ccc(CCC3CCC(OC(=O)[C@@H](F)CCCCCC)CC3)cc2)CC1. The molecule has 250 valence electrons. The Bertz CT molecular complexity index is 844. The van der Waals surface area contributed by atoms with E-state index in [9.17, 15) is 18.4 Å². The van der Waals surface area contributed by atoms with E-state index in [-0.39, 0.29) is 25.0 Å². The molecule has 2 aliphatic rings. The normalized spacial score (nSPS) is 23.5. The van der Waals surface area contributed by atoms with Crippen molar-refractivity contribution in [3.63, 3.8) is 0 Å². The lowest BCUT2D eigenvalue weighted by molar-refractivity contribution is -0.158. The van der Waals surface area contributed by atoms with Crippen molar-refractivity contribution in [2.24, 2.45) is 11.8 Å². The highest BCUT2D eigenvalue weighted by Crippen LogP contribution is 2.32. The van der Waals surface area contributed by atoms with Crippen LogP contribution in [0.5, 0.6) is 0 Å². The van der Waals surface area contributed by atoms with Gasteiger partial charge in [-0.05, 0) is 126 Å². The average Bonchev–Trinajstić information content (AvgIpc) is 3.04. The molecule has 2 saturated carbocycles. The smallest absolute Gasteiger partial charge is 0.340 e. The van der Waals surface area contributed by atoms with Gasteiger partial charge in [0.25, 0.3) is 0 Å². The molecule has 3 rings (SSSR count). The first-order chi connectivity index (χ1) is 21.4. The summed E-state index contributed by atoms with van der Waals surface area (Å²) in [6, 6.07) is 9.04. The van der Waals surface area contributed by atoms with E-state index in [1.54, 1.807) is 0 Å². The van der Waals surface area contributed by atoms with Gasteiger partial charge in [0.2, 0.25) is 0 Å². The Kier molecular flexibility index (Phi) is 17.4. The van der Waals surface area contributed by atoms with Crippen LogP contribution in [0.15, 0.2) is 24.3 Å². The van der Waals surface area contributed by atoms with Gasteiger partial charge in [-0.1, -0.05) is 76.6 Å². The lowest BCUT2D eigenvalue weighted by Crippen LogP contribution is -2.29. The molecule has 0 radical (unpaired) electrons. The monoisotopic (exact) mass is 618 g/mol. The van der Waals surface area contributed by atoms with E-state index < -0.39 is 24.3 Å². The topological polar surface area (TPSA) is 52.6 Å². The summed E-state index contributed by atoms with van der Waals surface area (Å²) in [6.45, 7) is 4.24. The Morgan fingerprint density at radius 1 is 0.614 bits per heavy atom. The summed E-state index contributed by atoms with van der Waals surface area (Å²) < 4.78 is 39.3. The Balaban J connectivity index is 1.24. The van der Waals surface area contributed by atoms with E-state index in [1.807, 2.05) is 0 Å². The zero-order valence-corrected chi connectivity index (χ0v) is 27.7. The van der Waals surface area contributed by atoms with Crippen molar-refractivity contribution in [1.82, 2.24) is 0 Å². The number of halogens is 2. The molecule has 1 aromatic carbocycles. The lowest BCUT2D eigenvalue weighted by Gasteiger charge is -2.29. The molecule has 2 atom stereocenters. The van der Waals surface area contributed by atoms with E-state index in [2.05, 4.69) is 38.1 Å². The summed E-state index contributed by atoms with van der Waals surface area (Å²) in [4.78, 5) is 24.2. The quantitative estimate of drug-likeness (QED) is 0.108. The summed E-state index contributed by atoms with van der Waals surface area (Å²) in [6.07, 6.45) is 17.2. The zero-order chi connectivity index (χ0) is 31.6. The first-order valence-corrected chi connectivity index (χ1v) is 18.1. The van der Waals surface area contributed by atoms with Gasteiger partial charge in [-0.25, -0.2) is 18.4 Å². The van der Waals surface area contributed by atoms with Crippen molar-refractivity contribution in [2.45, 2.75) is 180 Å². The highest BCUT2D eigenvalue weighted by atomic mass is 19.1. The molecule has 44 heavy (non-hydrogen) atoms. The molecule has 0 aliphatic heterocycles. The van der Waals surface area contributed by atoms with Gasteiger partial charge in [-0.15, -0.1) is 0 Å². The molecule has 0 amide bonds. The van der Waals surface area contributed by atoms with Crippen LogP contribution in [0.25, 0.3) is 0 Å². The highest BCUT2D eigenvalue weighted by molar-refractivity contribution is 5.75. The molecule has 1 aromatic rings. The van der Waals surface area contributed by atoms with Gasteiger partial charge in [-0.3, -0.25) is 0 Å². The maximum atomic E-state index is 14.2. The fourth-order valence-corrected chi connectivity index (χ4v) is 6.90. The first-order valence-electron chi connectivity index (χ1n) is 18.1. The third kappa shape index (κ3) is 14.0.